The first-order chi connectivity index (χ1) is 11.5. The largest absolute Gasteiger partial charge is 0.471 e. The molecule has 0 bridgehead atoms. The van der Waals surface area contributed by atoms with Gasteiger partial charge in [0.2, 0.25) is 0 Å². The van der Waals surface area contributed by atoms with Gasteiger partial charge in [0.1, 0.15) is 18.0 Å². The van der Waals surface area contributed by atoms with Gasteiger partial charge >= 0.3 is 5.97 Å². The Morgan fingerprint density at radius 2 is 1.92 bits per heavy atom. The second-order valence-corrected chi connectivity index (χ2v) is 5.50. The first kappa shape index (κ1) is 17.5. The van der Waals surface area contributed by atoms with Crippen molar-refractivity contribution in [1.82, 2.24) is 15.1 Å². The number of aromatic nitrogens is 2. The van der Waals surface area contributed by atoms with Crippen LogP contribution >= 0.6 is 0 Å². The zero-order chi connectivity index (χ0) is 17.5. The fourth-order valence-electron chi connectivity index (χ4n) is 1.96. The highest BCUT2D eigenvalue weighted by atomic mass is 16.5. The van der Waals surface area contributed by atoms with Crippen molar-refractivity contribution in [2.24, 2.45) is 0 Å². The van der Waals surface area contributed by atoms with Crippen LogP contribution in [0.2, 0.25) is 0 Å². The number of nitrogens with zero attached hydrogens (tertiary/aromatic N) is 2. The molecule has 0 saturated heterocycles. The van der Waals surface area contributed by atoms with Crippen molar-refractivity contribution in [3.05, 3.63) is 47.8 Å². The van der Waals surface area contributed by atoms with Gasteiger partial charge in [-0.05, 0) is 29.7 Å². The van der Waals surface area contributed by atoms with Crippen LogP contribution in [-0.4, -0.2) is 35.3 Å². The van der Waals surface area contributed by atoms with Crippen LogP contribution in [0.15, 0.2) is 36.5 Å². The van der Waals surface area contributed by atoms with Crippen LogP contribution < -0.4 is 10.1 Å². The number of benzene rings is 1. The molecule has 0 saturated carbocycles. The minimum Gasteiger partial charge on any atom is -0.471 e. The molecule has 0 spiro atoms. The summed E-state index contributed by atoms with van der Waals surface area (Å²) in [6, 6.07) is 9.41. The van der Waals surface area contributed by atoms with E-state index in [2.05, 4.69) is 29.0 Å². The van der Waals surface area contributed by atoms with Crippen LogP contribution in [0, 0.1) is 0 Å². The minimum absolute atomic E-state index is 0.186. The normalized spacial score (nSPS) is 10.5. The minimum atomic E-state index is -0.518. The summed E-state index contributed by atoms with van der Waals surface area (Å²) in [5.41, 5.74) is 1.45. The number of hydrogen-bond donors (Lipinski definition) is 1. The molecule has 1 aromatic carbocycles. The third kappa shape index (κ3) is 4.84. The van der Waals surface area contributed by atoms with E-state index in [0.29, 0.717) is 5.92 Å². The molecule has 0 unspecified atom stereocenters. The molecule has 0 aliphatic carbocycles. The van der Waals surface area contributed by atoms with Gasteiger partial charge in [-0.2, -0.15) is 5.10 Å². The van der Waals surface area contributed by atoms with Crippen molar-refractivity contribution in [2.75, 3.05) is 13.7 Å². The summed E-state index contributed by atoms with van der Waals surface area (Å²) < 4.78 is 11.6. The van der Waals surface area contributed by atoms with Crippen LogP contribution in [0.25, 0.3) is 0 Å². The molecule has 1 aromatic heterocycles. The van der Waals surface area contributed by atoms with Crippen molar-refractivity contribution in [2.45, 2.75) is 26.5 Å². The van der Waals surface area contributed by atoms with E-state index in [1.165, 1.54) is 17.4 Å². The molecule has 7 heteroatoms. The summed E-state index contributed by atoms with van der Waals surface area (Å²) in [5, 5.41) is 6.53. The van der Waals surface area contributed by atoms with Gasteiger partial charge in [0.15, 0.2) is 6.73 Å². The maximum Gasteiger partial charge on any atom is 0.325 e. The number of amides is 1. The summed E-state index contributed by atoms with van der Waals surface area (Å²) in [5.74, 6) is 0.235. The first-order valence-corrected chi connectivity index (χ1v) is 7.61. The highest BCUT2D eigenvalue weighted by Crippen LogP contribution is 2.18. The van der Waals surface area contributed by atoms with Crippen molar-refractivity contribution in [3.63, 3.8) is 0 Å². The average molecular weight is 331 g/mol. The van der Waals surface area contributed by atoms with Crippen molar-refractivity contribution in [1.29, 1.82) is 0 Å². The number of ether oxygens (including phenoxy) is 2. The molecule has 1 amide bonds. The van der Waals surface area contributed by atoms with E-state index < -0.39 is 11.9 Å². The quantitative estimate of drug-likeness (QED) is 0.784. The molecular formula is C17H21N3O4. The molecule has 0 atom stereocenters. The van der Waals surface area contributed by atoms with Crippen LogP contribution in [0.5, 0.6) is 5.75 Å². The lowest BCUT2D eigenvalue weighted by Gasteiger charge is -2.09. The molecule has 0 aliphatic rings. The zero-order valence-corrected chi connectivity index (χ0v) is 14.0. The summed E-state index contributed by atoms with van der Waals surface area (Å²) >= 11 is 0. The van der Waals surface area contributed by atoms with Crippen molar-refractivity contribution in [3.8, 4) is 5.75 Å². The van der Waals surface area contributed by atoms with E-state index in [0.717, 1.165) is 5.75 Å². The molecule has 0 fully saturated rings. The summed E-state index contributed by atoms with van der Waals surface area (Å²) in [6.07, 6.45) is 1.63. The predicted molar refractivity (Wildman–Crippen MR) is 87.7 cm³/mol. The highest BCUT2D eigenvalue weighted by molar-refractivity contribution is 5.94. The van der Waals surface area contributed by atoms with Crippen LogP contribution in [-0.2, 0) is 16.3 Å². The van der Waals surface area contributed by atoms with Gasteiger partial charge in [-0.1, -0.05) is 26.0 Å². The summed E-state index contributed by atoms with van der Waals surface area (Å²) in [6.45, 7) is 4.25. The van der Waals surface area contributed by atoms with Gasteiger partial charge in [-0.3, -0.25) is 9.59 Å². The standard InChI is InChI=1S/C17H21N3O4/c1-12(2)13-4-6-14(7-5-13)24-11-20-9-8-15(19-20)17(22)18-10-16(21)23-3/h4-9,12H,10-11H2,1-3H3,(H,18,22). The van der Waals surface area contributed by atoms with Gasteiger partial charge in [-0.25, -0.2) is 4.68 Å². The number of esters is 1. The Balaban J connectivity index is 1.87. The van der Waals surface area contributed by atoms with Crippen LogP contribution in [0.3, 0.4) is 0 Å². The fraction of sp³-hybridized carbons (Fsp3) is 0.353. The van der Waals surface area contributed by atoms with Crippen molar-refractivity contribution >= 4 is 11.9 Å². The Bertz CT molecular complexity index is 692. The average Bonchev–Trinajstić information content (AvgIpc) is 3.07. The number of nitrogens with one attached hydrogen (secondary N) is 1. The molecule has 128 valence electrons. The first-order valence-electron chi connectivity index (χ1n) is 7.61. The lowest BCUT2D eigenvalue weighted by atomic mass is 10.0. The smallest absolute Gasteiger partial charge is 0.325 e. The molecule has 2 aromatic rings. The molecule has 0 aliphatic heterocycles. The zero-order valence-electron chi connectivity index (χ0n) is 14.0. The van der Waals surface area contributed by atoms with E-state index >= 15 is 0 Å². The van der Waals surface area contributed by atoms with Gasteiger partial charge < -0.3 is 14.8 Å². The van der Waals surface area contributed by atoms with E-state index in [1.807, 2.05) is 24.3 Å². The van der Waals surface area contributed by atoms with Crippen molar-refractivity contribution < 1.29 is 19.1 Å². The highest BCUT2D eigenvalue weighted by Gasteiger charge is 2.11. The maximum atomic E-state index is 11.8. The molecule has 2 rings (SSSR count). The topological polar surface area (TPSA) is 82.5 Å². The van der Waals surface area contributed by atoms with Gasteiger partial charge in [0, 0.05) is 6.20 Å². The molecule has 1 N–H and O–H groups in total. The lowest BCUT2D eigenvalue weighted by molar-refractivity contribution is -0.139. The van der Waals surface area contributed by atoms with E-state index in [9.17, 15) is 9.59 Å². The summed E-state index contributed by atoms with van der Waals surface area (Å²) in [7, 11) is 1.26. The number of carbonyl (C=O) groups excluding carboxylic acids is 2. The van der Waals surface area contributed by atoms with E-state index in [4.69, 9.17) is 4.74 Å². The van der Waals surface area contributed by atoms with E-state index in [-0.39, 0.29) is 19.0 Å². The number of carbonyl (C=O) groups is 2. The predicted octanol–water partition coefficient (Wildman–Crippen LogP) is 1.95. The second kappa shape index (κ2) is 8.14. The Morgan fingerprint density at radius 3 is 2.54 bits per heavy atom. The fourth-order valence-corrected chi connectivity index (χ4v) is 1.96. The molecule has 7 nitrogen and oxygen atoms in total. The van der Waals surface area contributed by atoms with Gasteiger partial charge in [-0.15, -0.1) is 0 Å². The molecular weight excluding hydrogens is 310 g/mol. The Morgan fingerprint density at radius 1 is 1.21 bits per heavy atom. The van der Waals surface area contributed by atoms with E-state index in [1.54, 1.807) is 12.3 Å². The SMILES string of the molecule is COC(=O)CNC(=O)c1ccn(COc2ccc(C(C)C)cc2)n1. The lowest BCUT2D eigenvalue weighted by Crippen LogP contribution is -2.30. The van der Waals surface area contributed by atoms with Gasteiger partial charge in [0.05, 0.1) is 7.11 Å². The Hall–Kier alpha value is -2.83. The molecule has 24 heavy (non-hydrogen) atoms. The molecule has 0 radical (unpaired) electrons. The Kier molecular flexibility index (Phi) is 5.95. The Labute approximate surface area is 140 Å². The number of hydrogen-bond acceptors (Lipinski definition) is 5. The molecule has 1 heterocycles. The van der Waals surface area contributed by atoms with Gasteiger partial charge in [0.25, 0.3) is 5.91 Å². The number of methoxy groups -OCH3 is 1. The third-order valence-corrected chi connectivity index (χ3v) is 3.40. The maximum absolute atomic E-state index is 11.8. The second-order valence-electron chi connectivity index (χ2n) is 5.50. The monoisotopic (exact) mass is 331 g/mol. The third-order valence-electron chi connectivity index (χ3n) is 3.40. The van der Waals surface area contributed by atoms with Crippen LogP contribution in [0.1, 0.15) is 35.8 Å². The van der Waals surface area contributed by atoms with Crippen LogP contribution in [0.4, 0.5) is 0 Å². The summed E-state index contributed by atoms with van der Waals surface area (Å²) in [4.78, 5) is 22.8. The number of rotatable bonds is 7.